The number of nitrogens with zero attached hydrogens (tertiary/aromatic N) is 5. The molecule has 1 N–H and O–H groups in total. The number of halogens is 1. The van der Waals surface area contributed by atoms with Crippen molar-refractivity contribution in [1.82, 2.24) is 25.2 Å². The third-order valence-corrected chi connectivity index (χ3v) is 4.66. The van der Waals surface area contributed by atoms with Crippen LogP contribution >= 0.6 is 39.0 Å². The number of hydrogen-bond acceptors (Lipinski definition) is 7. The second-order valence-electron chi connectivity index (χ2n) is 4.02. The highest BCUT2D eigenvalue weighted by Gasteiger charge is 2.12. The molecule has 3 rings (SSSR count). The second kappa shape index (κ2) is 6.99. The molecule has 1 amide bonds. The Balaban J connectivity index is 1.65. The van der Waals surface area contributed by atoms with Crippen molar-refractivity contribution >= 4 is 50.1 Å². The molecule has 0 spiro atoms. The first-order chi connectivity index (χ1) is 10.7. The SMILES string of the molecule is O=C(CSc1nnnn1-c1ccc(Br)cc1)Nc1nccs1. The van der Waals surface area contributed by atoms with Gasteiger partial charge in [0.2, 0.25) is 11.1 Å². The van der Waals surface area contributed by atoms with Crippen molar-refractivity contribution in [2.45, 2.75) is 5.16 Å². The minimum absolute atomic E-state index is 0.148. The maximum Gasteiger partial charge on any atom is 0.236 e. The fourth-order valence-electron chi connectivity index (χ4n) is 1.58. The van der Waals surface area contributed by atoms with Gasteiger partial charge in [-0.2, -0.15) is 4.68 Å². The molecule has 2 heterocycles. The molecule has 22 heavy (non-hydrogen) atoms. The zero-order chi connectivity index (χ0) is 15.4. The van der Waals surface area contributed by atoms with Crippen LogP contribution in [0.1, 0.15) is 0 Å². The van der Waals surface area contributed by atoms with Crippen LogP contribution in [0.3, 0.4) is 0 Å². The fourth-order valence-corrected chi connectivity index (χ4v) is 3.08. The van der Waals surface area contributed by atoms with Crippen LogP contribution in [0.5, 0.6) is 0 Å². The third-order valence-electron chi connectivity index (χ3n) is 2.52. The highest BCUT2D eigenvalue weighted by molar-refractivity contribution is 9.10. The molecular formula is C12H9BrN6OS2. The standard InChI is InChI=1S/C12H9BrN6OS2/c13-8-1-3-9(4-2-8)19-12(16-17-18-19)22-7-10(20)15-11-14-5-6-21-11/h1-6H,7H2,(H,14,15,20). The van der Waals surface area contributed by atoms with E-state index < -0.39 is 0 Å². The van der Waals surface area contributed by atoms with Crippen LogP contribution in [0.2, 0.25) is 0 Å². The molecule has 1 aromatic carbocycles. The first kappa shape index (κ1) is 15.1. The van der Waals surface area contributed by atoms with Gasteiger partial charge < -0.3 is 5.32 Å². The van der Waals surface area contributed by atoms with Crippen molar-refractivity contribution in [3.63, 3.8) is 0 Å². The van der Waals surface area contributed by atoms with Crippen LogP contribution in [0.15, 0.2) is 45.5 Å². The summed E-state index contributed by atoms with van der Waals surface area (Å²) in [4.78, 5) is 15.9. The van der Waals surface area contributed by atoms with E-state index in [0.717, 1.165) is 10.2 Å². The minimum Gasteiger partial charge on any atom is -0.301 e. The Morgan fingerprint density at radius 2 is 2.18 bits per heavy atom. The van der Waals surface area contributed by atoms with Gasteiger partial charge in [-0.05, 0) is 34.7 Å². The summed E-state index contributed by atoms with van der Waals surface area (Å²) in [6.07, 6.45) is 1.64. The number of amides is 1. The summed E-state index contributed by atoms with van der Waals surface area (Å²) in [7, 11) is 0. The van der Waals surface area contributed by atoms with E-state index in [1.807, 2.05) is 24.3 Å². The summed E-state index contributed by atoms with van der Waals surface area (Å²) in [5.74, 6) is 0.0570. The predicted octanol–water partition coefficient (Wildman–Crippen LogP) is 2.61. The van der Waals surface area contributed by atoms with E-state index >= 15 is 0 Å². The van der Waals surface area contributed by atoms with Crippen molar-refractivity contribution in [1.29, 1.82) is 0 Å². The van der Waals surface area contributed by atoms with E-state index in [2.05, 4.69) is 41.8 Å². The van der Waals surface area contributed by atoms with Crippen LogP contribution in [0.4, 0.5) is 5.13 Å². The maximum absolute atomic E-state index is 11.8. The van der Waals surface area contributed by atoms with Crippen molar-refractivity contribution in [3.05, 3.63) is 40.3 Å². The van der Waals surface area contributed by atoms with Crippen molar-refractivity contribution in [2.24, 2.45) is 0 Å². The normalized spacial score (nSPS) is 10.6. The molecule has 0 bridgehead atoms. The first-order valence-electron chi connectivity index (χ1n) is 6.09. The topological polar surface area (TPSA) is 85.6 Å². The summed E-state index contributed by atoms with van der Waals surface area (Å²) in [5, 5.41) is 17.2. The van der Waals surface area contributed by atoms with Crippen molar-refractivity contribution in [2.75, 3.05) is 11.1 Å². The summed E-state index contributed by atoms with van der Waals surface area (Å²) in [6.45, 7) is 0. The number of thioether (sulfide) groups is 1. The van der Waals surface area contributed by atoms with E-state index in [-0.39, 0.29) is 11.7 Å². The van der Waals surface area contributed by atoms with Crippen LogP contribution in [-0.2, 0) is 4.79 Å². The van der Waals surface area contributed by atoms with E-state index in [0.29, 0.717) is 10.3 Å². The van der Waals surface area contributed by atoms with Crippen molar-refractivity contribution in [3.8, 4) is 5.69 Å². The Bertz CT molecular complexity index is 758. The zero-order valence-corrected chi connectivity index (χ0v) is 14.2. The lowest BCUT2D eigenvalue weighted by atomic mass is 10.3. The summed E-state index contributed by atoms with van der Waals surface area (Å²) in [5.41, 5.74) is 0.830. The summed E-state index contributed by atoms with van der Waals surface area (Å²) < 4.78 is 2.56. The van der Waals surface area contributed by atoms with E-state index in [1.54, 1.807) is 16.3 Å². The quantitative estimate of drug-likeness (QED) is 0.667. The molecule has 2 aromatic heterocycles. The van der Waals surface area contributed by atoms with Crippen LogP contribution in [-0.4, -0.2) is 36.9 Å². The molecule has 0 unspecified atom stereocenters. The van der Waals surface area contributed by atoms with Gasteiger partial charge in [0, 0.05) is 16.0 Å². The van der Waals surface area contributed by atoms with Gasteiger partial charge in [-0.15, -0.1) is 16.4 Å². The number of benzene rings is 1. The van der Waals surface area contributed by atoms with E-state index in [1.165, 1.54) is 23.1 Å². The first-order valence-corrected chi connectivity index (χ1v) is 8.74. The number of nitrogens with one attached hydrogen (secondary N) is 1. The lowest BCUT2D eigenvalue weighted by molar-refractivity contribution is -0.113. The van der Waals surface area contributed by atoms with Crippen LogP contribution in [0, 0.1) is 0 Å². The van der Waals surface area contributed by atoms with Gasteiger partial charge >= 0.3 is 0 Å². The zero-order valence-electron chi connectivity index (χ0n) is 11.0. The highest BCUT2D eigenvalue weighted by Crippen LogP contribution is 2.20. The van der Waals surface area contributed by atoms with Gasteiger partial charge in [0.05, 0.1) is 11.4 Å². The fraction of sp³-hybridized carbons (Fsp3) is 0.0833. The number of rotatable bonds is 5. The Morgan fingerprint density at radius 1 is 1.36 bits per heavy atom. The molecule has 0 fully saturated rings. The Morgan fingerprint density at radius 3 is 2.91 bits per heavy atom. The van der Waals surface area contributed by atoms with Gasteiger partial charge in [-0.3, -0.25) is 4.79 Å². The van der Waals surface area contributed by atoms with Crippen LogP contribution in [0.25, 0.3) is 5.69 Å². The maximum atomic E-state index is 11.8. The highest BCUT2D eigenvalue weighted by atomic mass is 79.9. The average Bonchev–Trinajstić information content (AvgIpc) is 3.17. The smallest absolute Gasteiger partial charge is 0.236 e. The molecule has 0 saturated carbocycles. The molecule has 0 atom stereocenters. The Hall–Kier alpha value is -1.78. The molecule has 112 valence electrons. The second-order valence-corrected chi connectivity index (χ2v) is 6.78. The van der Waals surface area contributed by atoms with E-state index in [4.69, 9.17) is 0 Å². The van der Waals surface area contributed by atoms with Gasteiger partial charge in [-0.1, -0.05) is 27.7 Å². The lowest BCUT2D eigenvalue weighted by Gasteiger charge is -2.04. The van der Waals surface area contributed by atoms with Gasteiger partial charge in [0.15, 0.2) is 5.13 Å². The molecule has 0 saturated heterocycles. The molecule has 7 nitrogen and oxygen atoms in total. The minimum atomic E-state index is -0.148. The number of thiazole rings is 1. The number of hydrogen-bond donors (Lipinski definition) is 1. The van der Waals surface area contributed by atoms with Gasteiger partial charge in [-0.25, -0.2) is 4.98 Å². The monoisotopic (exact) mass is 396 g/mol. The van der Waals surface area contributed by atoms with Crippen LogP contribution < -0.4 is 5.32 Å². The van der Waals surface area contributed by atoms with Gasteiger partial charge in [0.25, 0.3) is 0 Å². The average molecular weight is 397 g/mol. The Kier molecular flexibility index (Phi) is 4.80. The molecule has 0 aliphatic heterocycles. The summed E-state index contributed by atoms with van der Waals surface area (Å²) >= 11 is 6.02. The molecule has 0 radical (unpaired) electrons. The predicted molar refractivity (Wildman–Crippen MR) is 88.3 cm³/mol. The number of anilines is 1. The molecular weight excluding hydrogens is 388 g/mol. The lowest BCUT2D eigenvalue weighted by Crippen LogP contribution is -2.14. The van der Waals surface area contributed by atoms with E-state index in [9.17, 15) is 4.79 Å². The van der Waals surface area contributed by atoms with Crippen molar-refractivity contribution < 1.29 is 4.79 Å². The molecule has 3 aromatic rings. The molecule has 0 aliphatic rings. The molecule has 10 heteroatoms. The molecule has 0 aliphatic carbocycles. The number of aromatic nitrogens is 5. The number of carbonyl (C=O) groups excluding carboxylic acids is 1. The largest absolute Gasteiger partial charge is 0.301 e. The Labute approximate surface area is 142 Å². The third kappa shape index (κ3) is 3.70. The number of tetrazole rings is 1. The number of carbonyl (C=O) groups is 1. The summed E-state index contributed by atoms with van der Waals surface area (Å²) in [6, 6.07) is 7.58. The van der Waals surface area contributed by atoms with Gasteiger partial charge in [0.1, 0.15) is 0 Å².